The minimum atomic E-state index is -0.249. The Morgan fingerprint density at radius 2 is 1.90 bits per heavy atom. The van der Waals surface area contributed by atoms with Crippen LogP contribution in [0.25, 0.3) is 0 Å². The summed E-state index contributed by atoms with van der Waals surface area (Å²) in [6.07, 6.45) is 2.58. The predicted octanol–water partition coefficient (Wildman–Crippen LogP) is 2.62. The van der Waals surface area contributed by atoms with Crippen molar-refractivity contribution in [3.8, 4) is 0 Å². The quantitative estimate of drug-likeness (QED) is 0.749. The lowest BCUT2D eigenvalue weighted by atomic mass is 9.93. The van der Waals surface area contributed by atoms with Gasteiger partial charge in [0.05, 0.1) is 12.1 Å². The van der Waals surface area contributed by atoms with Gasteiger partial charge in [-0.15, -0.1) is 0 Å². The molecule has 0 radical (unpaired) electrons. The zero-order valence-corrected chi connectivity index (χ0v) is 14.5. The standard InChI is InChI=1S/C17H32N2O2/c1-7-13(6)18-14-8-9-19(17(14)21)15(10-11(2)3)16(20)12(4)5/h11-15,18H,7-10H2,1-6H3/t13?,14-,15-/m0/s1. The van der Waals surface area contributed by atoms with Crippen LogP contribution in [-0.2, 0) is 9.59 Å². The van der Waals surface area contributed by atoms with Crippen LogP contribution in [0.15, 0.2) is 0 Å². The van der Waals surface area contributed by atoms with Crippen LogP contribution in [0.3, 0.4) is 0 Å². The molecule has 0 bridgehead atoms. The van der Waals surface area contributed by atoms with Gasteiger partial charge in [0.1, 0.15) is 0 Å². The van der Waals surface area contributed by atoms with Crippen LogP contribution in [0.5, 0.6) is 0 Å². The predicted molar refractivity (Wildman–Crippen MR) is 86.1 cm³/mol. The molecular formula is C17H32N2O2. The number of rotatable bonds is 8. The molecule has 4 heteroatoms. The van der Waals surface area contributed by atoms with Gasteiger partial charge >= 0.3 is 0 Å². The summed E-state index contributed by atoms with van der Waals surface area (Å²) in [7, 11) is 0. The fraction of sp³-hybridized carbons (Fsp3) is 0.882. The molecule has 0 aromatic rings. The van der Waals surface area contributed by atoms with E-state index in [4.69, 9.17) is 0 Å². The number of nitrogens with zero attached hydrogens (tertiary/aromatic N) is 1. The summed E-state index contributed by atoms with van der Waals surface area (Å²) in [5.41, 5.74) is 0. The van der Waals surface area contributed by atoms with Crippen molar-refractivity contribution in [3.63, 3.8) is 0 Å². The fourth-order valence-electron chi connectivity index (χ4n) is 2.86. The van der Waals surface area contributed by atoms with E-state index >= 15 is 0 Å². The Labute approximate surface area is 129 Å². The van der Waals surface area contributed by atoms with Gasteiger partial charge < -0.3 is 10.2 Å². The monoisotopic (exact) mass is 296 g/mol. The Balaban J connectivity index is 2.80. The minimum absolute atomic E-state index is 0.0249. The Hall–Kier alpha value is -0.900. The molecule has 21 heavy (non-hydrogen) atoms. The van der Waals surface area contributed by atoms with Crippen molar-refractivity contribution < 1.29 is 9.59 Å². The maximum absolute atomic E-state index is 12.6. The first-order valence-corrected chi connectivity index (χ1v) is 8.38. The molecule has 1 saturated heterocycles. The summed E-state index contributed by atoms with van der Waals surface area (Å²) in [5.74, 6) is 0.686. The van der Waals surface area contributed by atoms with Crippen LogP contribution < -0.4 is 5.32 Å². The smallest absolute Gasteiger partial charge is 0.240 e. The molecule has 1 fully saturated rings. The number of amides is 1. The molecule has 0 saturated carbocycles. The molecule has 1 rings (SSSR count). The minimum Gasteiger partial charge on any atom is -0.331 e. The molecule has 1 amide bonds. The summed E-state index contributed by atoms with van der Waals surface area (Å²) >= 11 is 0. The molecule has 4 nitrogen and oxygen atoms in total. The summed E-state index contributed by atoms with van der Waals surface area (Å²) < 4.78 is 0. The highest BCUT2D eigenvalue weighted by Crippen LogP contribution is 2.22. The van der Waals surface area contributed by atoms with Gasteiger partial charge in [0, 0.05) is 18.5 Å². The number of carbonyl (C=O) groups excluding carboxylic acids is 2. The maximum atomic E-state index is 12.6. The first-order chi connectivity index (χ1) is 9.77. The maximum Gasteiger partial charge on any atom is 0.240 e. The number of hydrogen-bond donors (Lipinski definition) is 1. The summed E-state index contributed by atoms with van der Waals surface area (Å²) in [4.78, 5) is 26.9. The van der Waals surface area contributed by atoms with Gasteiger partial charge in [-0.1, -0.05) is 34.6 Å². The molecule has 0 aliphatic carbocycles. The third-order valence-electron chi connectivity index (χ3n) is 4.31. The average Bonchev–Trinajstić information content (AvgIpc) is 2.76. The number of likely N-dealkylation sites (tertiary alicyclic amines) is 1. The molecule has 1 N–H and O–H groups in total. The van der Waals surface area contributed by atoms with E-state index in [9.17, 15) is 9.59 Å². The second-order valence-electron chi connectivity index (χ2n) is 7.05. The van der Waals surface area contributed by atoms with E-state index < -0.39 is 0 Å². The van der Waals surface area contributed by atoms with Crippen molar-refractivity contribution in [2.45, 2.75) is 78.9 Å². The third kappa shape index (κ3) is 4.80. The van der Waals surface area contributed by atoms with E-state index in [-0.39, 0.29) is 29.7 Å². The van der Waals surface area contributed by atoms with E-state index in [0.29, 0.717) is 18.5 Å². The lowest BCUT2D eigenvalue weighted by Gasteiger charge is -2.30. The lowest BCUT2D eigenvalue weighted by molar-refractivity contribution is -0.139. The molecule has 3 atom stereocenters. The highest BCUT2D eigenvalue weighted by atomic mass is 16.2. The first-order valence-electron chi connectivity index (χ1n) is 8.38. The van der Waals surface area contributed by atoms with Gasteiger partial charge in [-0.25, -0.2) is 0 Å². The Morgan fingerprint density at radius 1 is 1.29 bits per heavy atom. The van der Waals surface area contributed by atoms with Gasteiger partial charge in [0.2, 0.25) is 5.91 Å². The van der Waals surface area contributed by atoms with Crippen molar-refractivity contribution in [2.75, 3.05) is 6.54 Å². The van der Waals surface area contributed by atoms with Crippen molar-refractivity contribution in [1.82, 2.24) is 10.2 Å². The van der Waals surface area contributed by atoms with Gasteiger partial charge in [-0.3, -0.25) is 9.59 Å². The zero-order chi connectivity index (χ0) is 16.2. The number of nitrogens with one attached hydrogen (secondary N) is 1. The first kappa shape index (κ1) is 18.1. The molecule has 122 valence electrons. The van der Waals surface area contributed by atoms with Crippen LogP contribution in [0, 0.1) is 11.8 Å². The van der Waals surface area contributed by atoms with E-state index in [1.54, 1.807) is 0 Å². The molecule has 1 aliphatic heterocycles. The number of ketones is 1. The van der Waals surface area contributed by atoms with Crippen LogP contribution >= 0.6 is 0 Å². The molecule has 1 heterocycles. The van der Waals surface area contributed by atoms with E-state index in [2.05, 4.69) is 33.0 Å². The van der Waals surface area contributed by atoms with Crippen LogP contribution in [0.2, 0.25) is 0 Å². The molecule has 1 aliphatic rings. The Kier molecular flexibility index (Phi) is 6.85. The van der Waals surface area contributed by atoms with Gasteiger partial charge in [0.25, 0.3) is 0 Å². The van der Waals surface area contributed by atoms with Crippen LogP contribution in [-0.4, -0.2) is 41.3 Å². The third-order valence-corrected chi connectivity index (χ3v) is 4.31. The zero-order valence-electron chi connectivity index (χ0n) is 14.5. The van der Waals surface area contributed by atoms with Gasteiger partial charge in [-0.05, 0) is 32.1 Å². The van der Waals surface area contributed by atoms with Crippen molar-refractivity contribution >= 4 is 11.7 Å². The molecular weight excluding hydrogens is 264 g/mol. The molecule has 0 aromatic carbocycles. The van der Waals surface area contributed by atoms with Crippen molar-refractivity contribution in [2.24, 2.45) is 11.8 Å². The van der Waals surface area contributed by atoms with Crippen molar-refractivity contribution in [1.29, 1.82) is 0 Å². The molecule has 0 aromatic heterocycles. The van der Waals surface area contributed by atoms with Crippen LogP contribution in [0.1, 0.15) is 60.8 Å². The molecule has 0 spiro atoms. The Bertz CT molecular complexity index is 366. The van der Waals surface area contributed by atoms with E-state index in [1.165, 1.54) is 0 Å². The summed E-state index contributed by atoms with van der Waals surface area (Å²) in [6, 6.07) is -0.0287. The second kappa shape index (κ2) is 7.92. The summed E-state index contributed by atoms with van der Waals surface area (Å²) in [6.45, 7) is 13.0. The largest absolute Gasteiger partial charge is 0.331 e. The summed E-state index contributed by atoms with van der Waals surface area (Å²) in [5, 5.41) is 3.38. The van der Waals surface area contributed by atoms with E-state index in [0.717, 1.165) is 19.3 Å². The fourth-order valence-corrected chi connectivity index (χ4v) is 2.86. The normalized spacial score (nSPS) is 22.2. The lowest BCUT2D eigenvalue weighted by Crippen LogP contribution is -2.49. The number of carbonyl (C=O) groups is 2. The Morgan fingerprint density at radius 3 is 2.38 bits per heavy atom. The topological polar surface area (TPSA) is 49.4 Å². The second-order valence-corrected chi connectivity index (χ2v) is 7.05. The number of hydrogen-bond acceptors (Lipinski definition) is 3. The highest BCUT2D eigenvalue weighted by Gasteiger charge is 2.39. The molecule has 1 unspecified atom stereocenters. The van der Waals surface area contributed by atoms with E-state index in [1.807, 2.05) is 18.7 Å². The highest BCUT2D eigenvalue weighted by molar-refractivity contribution is 5.92. The van der Waals surface area contributed by atoms with Gasteiger partial charge in [-0.2, -0.15) is 0 Å². The number of Topliss-reactive ketones (excluding diaryl/α,β-unsaturated/α-hetero) is 1. The SMILES string of the molecule is CCC(C)N[C@H]1CCN([C@@H](CC(C)C)C(=O)C(C)C)C1=O. The van der Waals surface area contributed by atoms with Crippen LogP contribution in [0.4, 0.5) is 0 Å². The van der Waals surface area contributed by atoms with Crippen molar-refractivity contribution in [3.05, 3.63) is 0 Å². The van der Waals surface area contributed by atoms with Gasteiger partial charge in [0.15, 0.2) is 5.78 Å². The average molecular weight is 296 g/mol.